The summed E-state index contributed by atoms with van der Waals surface area (Å²) < 4.78 is 11.1. The van der Waals surface area contributed by atoms with Gasteiger partial charge in [-0.05, 0) is 19.9 Å². The Kier molecular flexibility index (Phi) is 3.47. The lowest BCUT2D eigenvalue weighted by atomic mass is 10.1. The largest absolute Gasteiger partial charge is 0.491 e. The molecule has 1 aromatic carbocycles. The summed E-state index contributed by atoms with van der Waals surface area (Å²) in [6, 6.07) is 8.05. The fourth-order valence-electron chi connectivity index (χ4n) is 2.14. The highest BCUT2D eigenvalue weighted by Gasteiger charge is 2.24. The fraction of sp³-hybridized carbons (Fsp3) is 0.357. The highest BCUT2D eigenvalue weighted by molar-refractivity contribution is 5.44. The van der Waals surface area contributed by atoms with Gasteiger partial charge in [-0.1, -0.05) is 18.2 Å². The molecule has 3 N–H and O–H groups in total. The molecule has 0 saturated heterocycles. The van der Waals surface area contributed by atoms with Crippen LogP contribution >= 0.6 is 0 Å². The van der Waals surface area contributed by atoms with Crippen LogP contribution in [0.1, 0.15) is 25.5 Å². The highest BCUT2D eigenvalue weighted by atomic mass is 16.5. The van der Waals surface area contributed by atoms with Gasteiger partial charge >= 0.3 is 6.01 Å². The maximum absolute atomic E-state index is 5.69. The van der Waals surface area contributed by atoms with Crippen LogP contribution in [0.5, 0.6) is 11.8 Å². The van der Waals surface area contributed by atoms with Gasteiger partial charge < -0.3 is 20.5 Å². The van der Waals surface area contributed by atoms with Crippen LogP contribution in [0.15, 0.2) is 24.3 Å². The Hall–Kier alpha value is -2.57. The maximum atomic E-state index is 5.69. The fourth-order valence-corrected chi connectivity index (χ4v) is 2.14. The molecule has 7 heteroatoms. The Morgan fingerprint density at radius 3 is 2.90 bits per heavy atom. The number of nitrogens with two attached hydrogens (primary N) is 1. The quantitative estimate of drug-likeness (QED) is 0.885. The van der Waals surface area contributed by atoms with E-state index in [0.717, 1.165) is 11.3 Å². The van der Waals surface area contributed by atoms with Crippen LogP contribution in [0.25, 0.3) is 0 Å². The molecular weight excluding hydrogens is 270 g/mol. The number of hydrogen-bond acceptors (Lipinski definition) is 7. The van der Waals surface area contributed by atoms with E-state index in [-0.39, 0.29) is 24.1 Å². The summed E-state index contributed by atoms with van der Waals surface area (Å²) in [5.74, 6) is 1.37. The first kappa shape index (κ1) is 13.4. The first-order valence-corrected chi connectivity index (χ1v) is 6.78. The Morgan fingerprint density at radius 1 is 1.29 bits per heavy atom. The van der Waals surface area contributed by atoms with E-state index in [1.165, 1.54) is 0 Å². The molecule has 1 aliphatic rings. The van der Waals surface area contributed by atoms with Crippen molar-refractivity contribution in [2.45, 2.75) is 26.0 Å². The van der Waals surface area contributed by atoms with Gasteiger partial charge in [-0.25, -0.2) is 0 Å². The van der Waals surface area contributed by atoms with Gasteiger partial charge in [0.1, 0.15) is 12.4 Å². The number of nitrogens with one attached hydrogen (secondary N) is 1. The van der Waals surface area contributed by atoms with Crippen molar-refractivity contribution in [3.05, 3.63) is 29.8 Å². The number of nitrogen functional groups attached to an aromatic ring is 1. The van der Waals surface area contributed by atoms with Crippen molar-refractivity contribution in [1.82, 2.24) is 15.0 Å². The summed E-state index contributed by atoms with van der Waals surface area (Å²) in [6.45, 7) is 4.31. The van der Waals surface area contributed by atoms with E-state index in [1.807, 2.05) is 38.1 Å². The standard InChI is InChI=1S/C14H17N5O2/c1-8(2)21-14-18-12(15)17-13(19-14)16-10-7-20-11-6-4-3-5-9(10)11/h3-6,8,10H,7H2,1-2H3,(H3,15,16,17,18,19). The number of anilines is 2. The first-order chi connectivity index (χ1) is 10.1. The molecule has 2 aromatic rings. The molecule has 0 bridgehead atoms. The van der Waals surface area contributed by atoms with Crippen molar-refractivity contribution in [2.24, 2.45) is 0 Å². The Labute approximate surface area is 122 Å². The number of para-hydroxylation sites is 1. The highest BCUT2D eigenvalue weighted by Crippen LogP contribution is 2.33. The predicted molar refractivity (Wildman–Crippen MR) is 78.3 cm³/mol. The monoisotopic (exact) mass is 287 g/mol. The molecular formula is C14H17N5O2. The molecule has 0 spiro atoms. The minimum absolute atomic E-state index is 0.0186. The second kappa shape index (κ2) is 5.43. The van der Waals surface area contributed by atoms with E-state index in [2.05, 4.69) is 20.3 Å². The van der Waals surface area contributed by atoms with Gasteiger partial charge in [0, 0.05) is 5.56 Å². The van der Waals surface area contributed by atoms with Crippen LogP contribution < -0.4 is 20.5 Å². The molecule has 0 aliphatic carbocycles. The molecule has 0 fully saturated rings. The van der Waals surface area contributed by atoms with Gasteiger partial charge in [-0.3, -0.25) is 0 Å². The average Bonchev–Trinajstić information content (AvgIpc) is 2.81. The van der Waals surface area contributed by atoms with Gasteiger partial charge in [-0.2, -0.15) is 15.0 Å². The number of nitrogens with zero attached hydrogens (tertiary/aromatic N) is 3. The van der Waals surface area contributed by atoms with Gasteiger partial charge in [0.25, 0.3) is 0 Å². The van der Waals surface area contributed by atoms with Gasteiger partial charge in [0.15, 0.2) is 0 Å². The molecule has 7 nitrogen and oxygen atoms in total. The van der Waals surface area contributed by atoms with Gasteiger partial charge in [0.2, 0.25) is 11.9 Å². The number of rotatable bonds is 4. The van der Waals surface area contributed by atoms with Crippen molar-refractivity contribution in [1.29, 1.82) is 0 Å². The lowest BCUT2D eigenvalue weighted by Crippen LogP contribution is -2.17. The lowest BCUT2D eigenvalue weighted by Gasteiger charge is -2.13. The third kappa shape index (κ3) is 2.96. The second-order valence-electron chi connectivity index (χ2n) is 5.01. The molecule has 21 heavy (non-hydrogen) atoms. The van der Waals surface area contributed by atoms with E-state index in [9.17, 15) is 0 Å². The summed E-state index contributed by atoms with van der Waals surface area (Å²) in [4.78, 5) is 12.3. The van der Waals surface area contributed by atoms with E-state index in [1.54, 1.807) is 0 Å². The van der Waals surface area contributed by atoms with Crippen LogP contribution in [-0.2, 0) is 0 Å². The van der Waals surface area contributed by atoms with Crippen LogP contribution in [0.3, 0.4) is 0 Å². The molecule has 1 aromatic heterocycles. The zero-order valence-electron chi connectivity index (χ0n) is 11.9. The van der Waals surface area contributed by atoms with Crippen LogP contribution in [0.4, 0.5) is 11.9 Å². The van der Waals surface area contributed by atoms with Crippen LogP contribution in [-0.4, -0.2) is 27.7 Å². The van der Waals surface area contributed by atoms with Crippen molar-refractivity contribution < 1.29 is 9.47 Å². The molecule has 0 amide bonds. The Morgan fingerprint density at radius 2 is 2.10 bits per heavy atom. The molecule has 1 atom stereocenters. The van der Waals surface area contributed by atoms with E-state index in [0.29, 0.717) is 12.6 Å². The number of ether oxygens (including phenoxy) is 2. The van der Waals surface area contributed by atoms with Crippen LogP contribution in [0, 0.1) is 0 Å². The summed E-state index contributed by atoms with van der Waals surface area (Å²) in [6.07, 6.45) is -0.0322. The van der Waals surface area contributed by atoms with Crippen molar-refractivity contribution in [2.75, 3.05) is 17.7 Å². The molecule has 2 heterocycles. The average molecular weight is 287 g/mol. The minimum atomic E-state index is -0.0322. The van der Waals surface area contributed by atoms with Gasteiger partial charge in [-0.15, -0.1) is 0 Å². The zero-order chi connectivity index (χ0) is 14.8. The molecule has 3 rings (SSSR count). The normalized spacial score (nSPS) is 16.4. The third-order valence-electron chi connectivity index (χ3n) is 2.98. The Bertz CT molecular complexity index is 647. The van der Waals surface area contributed by atoms with Crippen molar-refractivity contribution in [3.8, 4) is 11.8 Å². The van der Waals surface area contributed by atoms with Crippen molar-refractivity contribution >= 4 is 11.9 Å². The first-order valence-electron chi connectivity index (χ1n) is 6.78. The van der Waals surface area contributed by atoms with E-state index >= 15 is 0 Å². The van der Waals surface area contributed by atoms with E-state index in [4.69, 9.17) is 15.2 Å². The SMILES string of the molecule is CC(C)Oc1nc(N)nc(NC2COc3ccccc32)n1. The third-order valence-corrected chi connectivity index (χ3v) is 2.98. The van der Waals surface area contributed by atoms with Gasteiger partial charge in [0.05, 0.1) is 12.1 Å². The number of fused-ring (bicyclic) bond motifs is 1. The lowest BCUT2D eigenvalue weighted by molar-refractivity contribution is 0.222. The zero-order valence-corrected chi connectivity index (χ0v) is 11.9. The molecule has 1 aliphatic heterocycles. The molecule has 0 saturated carbocycles. The maximum Gasteiger partial charge on any atom is 0.323 e. The second-order valence-corrected chi connectivity index (χ2v) is 5.01. The van der Waals surface area contributed by atoms with Crippen molar-refractivity contribution in [3.63, 3.8) is 0 Å². The summed E-state index contributed by atoms with van der Waals surface area (Å²) in [7, 11) is 0. The summed E-state index contributed by atoms with van der Waals surface area (Å²) in [5, 5.41) is 3.20. The number of benzene rings is 1. The summed E-state index contributed by atoms with van der Waals surface area (Å²) in [5.41, 5.74) is 6.76. The number of aromatic nitrogens is 3. The number of hydrogen-bond donors (Lipinski definition) is 2. The summed E-state index contributed by atoms with van der Waals surface area (Å²) >= 11 is 0. The molecule has 110 valence electrons. The minimum Gasteiger partial charge on any atom is -0.491 e. The van der Waals surface area contributed by atoms with Crippen LogP contribution in [0.2, 0.25) is 0 Å². The predicted octanol–water partition coefficient (Wildman–Crippen LogP) is 1.79. The Balaban J connectivity index is 1.81. The van der Waals surface area contributed by atoms with E-state index < -0.39 is 0 Å². The smallest absolute Gasteiger partial charge is 0.323 e. The topological polar surface area (TPSA) is 95.2 Å². The molecule has 0 radical (unpaired) electrons. The molecule has 1 unspecified atom stereocenters.